The topological polar surface area (TPSA) is 208 Å². The second-order valence-corrected chi connectivity index (χ2v) is 7.18. The Morgan fingerprint density at radius 1 is 0.828 bits per heavy atom. The van der Waals surface area contributed by atoms with E-state index in [4.69, 9.17) is 15.9 Å². The van der Waals surface area contributed by atoms with E-state index < -0.39 is 66.4 Å². The summed E-state index contributed by atoms with van der Waals surface area (Å²) in [6.07, 6.45) is -1.82. The summed E-state index contributed by atoms with van der Waals surface area (Å²) in [5.74, 6) is -5.36. The van der Waals surface area contributed by atoms with Gasteiger partial charge in [-0.05, 0) is 26.2 Å². The standard InChI is InChI=1S/C17H30N4O8/c1-7(2)5-10(15(26)21-11(17(28)29)6-12(23)24)20-14(25)8(3)19-16(27)13(18)9(4)22/h7-11,13,22H,5-6,18H2,1-4H3,(H,19,27)(H,20,25)(H,21,26)(H,23,24)(H,28,29). The number of rotatable bonds is 12. The summed E-state index contributed by atoms with van der Waals surface area (Å²) in [5, 5.41) is 34.0. The lowest BCUT2D eigenvalue weighted by Gasteiger charge is -2.24. The molecule has 8 N–H and O–H groups in total. The number of aliphatic hydroxyl groups is 1. The Morgan fingerprint density at radius 2 is 1.34 bits per heavy atom. The molecule has 12 nitrogen and oxygen atoms in total. The second-order valence-electron chi connectivity index (χ2n) is 7.18. The van der Waals surface area contributed by atoms with Crippen molar-refractivity contribution in [1.29, 1.82) is 0 Å². The van der Waals surface area contributed by atoms with Crippen LogP contribution >= 0.6 is 0 Å². The van der Waals surface area contributed by atoms with E-state index in [0.717, 1.165) is 0 Å². The summed E-state index contributed by atoms with van der Waals surface area (Å²) in [7, 11) is 0. The Hall–Kier alpha value is -2.73. The molecule has 0 spiro atoms. The van der Waals surface area contributed by atoms with Crippen LogP contribution in [0.25, 0.3) is 0 Å². The van der Waals surface area contributed by atoms with Gasteiger partial charge in [-0.2, -0.15) is 0 Å². The van der Waals surface area contributed by atoms with Crippen molar-refractivity contribution >= 4 is 29.7 Å². The summed E-state index contributed by atoms with van der Waals surface area (Å²) in [5.41, 5.74) is 5.49. The van der Waals surface area contributed by atoms with Crippen molar-refractivity contribution in [3.05, 3.63) is 0 Å². The van der Waals surface area contributed by atoms with Crippen LogP contribution < -0.4 is 21.7 Å². The average molecular weight is 418 g/mol. The van der Waals surface area contributed by atoms with Crippen LogP contribution in [0.4, 0.5) is 0 Å². The van der Waals surface area contributed by atoms with E-state index in [0.29, 0.717) is 0 Å². The van der Waals surface area contributed by atoms with E-state index in [2.05, 4.69) is 16.0 Å². The molecule has 0 aromatic heterocycles. The van der Waals surface area contributed by atoms with Gasteiger partial charge in [-0.25, -0.2) is 4.79 Å². The number of carboxylic acids is 2. The summed E-state index contributed by atoms with van der Waals surface area (Å²) < 4.78 is 0. The maximum absolute atomic E-state index is 12.4. The van der Waals surface area contributed by atoms with Crippen molar-refractivity contribution in [2.45, 2.75) is 70.8 Å². The molecule has 0 saturated carbocycles. The molecule has 0 heterocycles. The van der Waals surface area contributed by atoms with Gasteiger partial charge in [0.05, 0.1) is 12.5 Å². The zero-order valence-corrected chi connectivity index (χ0v) is 16.8. The molecule has 29 heavy (non-hydrogen) atoms. The number of carbonyl (C=O) groups is 5. The van der Waals surface area contributed by atoms with Crippen LogP contribution in [0.5, 0.6) is 0 Å². The highest BCUT2D eigenvalue weighted by Gasteiger charge is 2.30. The Balaban J connectivity index is 5.15. The summed E-state index contributed by atoms with van der Waals surface area (Å²) >= 11 is 0. The van der Waals surface area contributed by atoms with E-state index in [1.165, 1.54) is 13.8 Å². The van der Waals surface area contributed by atoms with Gasteiger partial charge < -0.3 is 37.0 Å². The fraction of sp³-hybridized carbons (Fsp3) is 0.706. The molecule has 0 radical (unpaired) electrons. The molecule has 0 fully saturated rings. The monoisotopic (exact) mass is 418 g/mol. The first kappa shape index (κ1) is 26.3. The van der Waals surface area contributed by atoms with Gasteiger partial charge in [0.25, 0.3) is 0 Å². The Labute approximate surface area is 168 Å². The van der Waals surface area contributed by atoms with Gasteiger partial charge >= 0.3 is 11.9 Å². The van der Waals surface area contributed by atoms with Crippen molar-refractivity contribution in [3.8, 4) is 0 Å². The number of aliphatic carboxylic acids is 2. The van der Waals surface area contributed by atoms with Crippen LogP contribution in [0.1, 0.15) is 40.5 Å². The molecule has 0 aliphatic rings. The molecule has 0 aromatic rings. The molecule has 0 bridgehead atoms. The number of amides is 3. The van der Waals surface area contributed by atoms with Crippen molar-refractivity contribution in [2.24, 2.45) is 11.7 Å². The maximum Gasteiger partial charge on any atom is 0.326 e. The third kappa shape index (κ3) is 9.85. The Morgan fingerprint density at radius 3 is 1.76 bits per heavy atom. The molecule has 3 amide bonds. The van der Waals surface area contributed by atoms with Gasteiger partial charge in [0.1, 0.15) is 24.2 Å². The average Bonchev–Trinajstić information content (AvgIpc) is 2.58. The summed E-state index contributed by atoms with van der Waals surface area (Å²) in [6, 6.07) is -5.15. The number of hydrogen-bond acceptors (Lipinski definition) is 7. The minimum atomic E-state index is -1.66. The number of nitrogens with one attached hydrogen (secondary N) is 3. The molecular formula is C17H30N4O8. The highest BCUT2D eigenvalue weighted by Crippen LogP contribution is 2.07. The number of carbonyl (C=O) groups excluding carboxylic acids is 3. The molecule has 0 rings (SSSR count). The first-order chi connectivity index (χ1) is 13.3. The Kier molecular flexibility index (Phi) is 10.8. The minimum Gasteiger partial charge on any atom is -0.481 e. The van der Waals surface area contributed by atoms with Crippen LogP contribution in [-0.4, -0.2) is 75.3 Å². The van der Waals surface area contributed by atoms with E-state index in [9.17, 15) is 29.1 Å². The lowest BCUT2D eigenvalue weighted by Crippen LogP contribution is -2.57. The highest BCUT2D eigenvalue weighted by atomic mass is 16.4. The predicted molar refractivity (Wildman–Crippen MR) is 100 cm³/mol. The predicted octanol–water partition coefficient (Wildman–Crippen LogP) is -2.23. The molecule has 0 aliphatic heterocycles. The number of aliphatic hydroxyl groups excluding tert-OH is 1. The molecule has 0 saturated heterocycles. The van der Waals surface area contributed by atoms with E-state index in [-0.39, 0.29) is 12.3 Å². The van der Waals surface area contributed by atoms with Gasteiger partial charge in [-0.1, -0.05) is 13.8 Å². The van der Waals surface area contributed by atoms with Crippen molar-refractivity contribution in [2.75, 3.05) is 0 Å². The molecule has 0 aliphatic carbocycles. The van der Waals surface area contributed by atoms with Gasteiger partial charge in [0, 0.05) is 0 Å². The van der Waals surface area contributed by atoms with Crippen molar-refractivity contribution in [1.82, 2.24) is 16.0 Å². The lowest BCUT2D eigenvalue weighted by atomic mass is 10.0. The van der Waals surface area contributed by atoms with Crippen LogP contribution in [0, 0.1) is 5.92 Å². The number of hydrogen-bond donors (Lipinski definition) is 7. The number of nitrogens with two attached hydrogens (primary N) is 1. The molecule has 0 aromatic carbocycles. The fourth-order valence-electron chi connectivity index (χ4n) is 2.24. The van der Waals surface area contributed by atoms with E-state index >= 15 is 0 Å². The second kappa shape index (κ2) is 12.0. The van der Waals surface area contributed by atoms with Crippen molar-refractivity contribution in [3.63, 3.8) is 0 Å². The first-order valence-corrected chi connectivity index (χ1v) is 9.05. The fourth-order valence-corrected chi connectivity index (χ4v) is 2.24. The largest absolute Gasteiger partial charge is 0.481 e. The van der Waals surface area contributed by atoms with Crippen LogP contribution in [0.3, 0.4) is 0 Å². The molecule has 5 atom stereocenters. The van der Waals surface area contributed by atoms with Gasteiger partial charge in [0.15, 0.2) is 0 Å². The summed E-state index contributed by atoms with van der Waals surface area (Å²) in [4.78, 5) is 58.5. The van der Waals surface area contributed by atoms with Crippen molar-refractivity contribution < 1.29 is 39.3 Å². The van der Waals surface area contributed by atoms with Crippen LogP contribution in [0.2, 0.25) is 0 Å². The molecular weight excluding hydrogens is 388 g/mol. The quantitative estimate of drug-likeness (QED) is 0.183. The van der Waals surface area contributed by atoms with Crippen LogP contribution in [0.15, 0.2) is 0 Å². The molecule has 5 unspecified atom stereocenters. The normalized spacial score (nSPS) is 16.1. The SMILES string of the molecule is CC(C)CC(NC(=O)C(C)NC(=O)C(N)C(C)O)C(=O)NC(CC(=O)O)C(=O)O. The lowest BCUT2D eigenvalue weighted by molar-refractivity contribution is -0.147. The van der Waals surface area contributed by atoms with E-state index in [1.54, 1.807) is 13.8 Å². The smallest absolute Gasteiger partial charge is 0.326 e. The maximum atomic E-state index is 12.4. The minimum absolute atomic E-state index is 0.0673. The van der Waals surface area contributed by atoms with Gasteiger partial charge in [-0.15, -0.1) is 0 Å². The Bertz CT molecular complexity index is 623. The zero-order chi connectivity index (χ0) is 22.9. The highest BCUT2D eigenvalue weighted by molar-refractivity contribution is 5.94. The third-order valence-electron chi connectivity index (χ3n) is 3.91. The van der Waals surface area contributed by atoms with E-state index in [1.807, 2.05) is 0 Å². The zero-order valence-electron chi connectivity index (χ0n) is 16.8. The van der Waals surface area contributed by atoms with Gasteiger partial charge in [-0.3, -0.25) is 19.2 Å². The molecule has 12 heteroatoms. The molecule has 166 valence electrons. The first-order valence-electron chi connectivity index (χ1n) is 9.05. The van der Waals surface area contributed by atoms with Crippen LogP contribution in [-0.2, 0) is 24.0 Å². The summed E-state index contributed by atoms with van der Waals surface area (Å²) in [6.45, 7) is 6.20. The van der Waals surface area contributed by atoms with Gasteiger partial charge in [0.2, 0.25) is 17.7 Å². The third-order valence-corrected chi connectivity index (χ3v) is 3.91. The number of carboxylic acid groups (broad SMARTS) is 2.